The zero-order chi connectivity index (χ0) is 19.9. The van der Waals surface area contributed by atoms with Gasteiger partial charge in [0.25, 0.3) is 0 Å². The van der Waals surface area contributed by atoms with Crippen molar-refractivity contribution >= 4 is 5.96 Å². The first-order valence-corrected chi connectivity index (χ1v) is 8.89. The molecule has 0 aliphatic carbocycles. The Morgan fingerprint density at radius 1 is 1.26 bits per heavy atom. The largest absolute Gasteiger partial charge is 0.416 e. The van der Waals surface area contributed by atoms with Crippen LogP contribution in [0.4, 0.5) is 13.2 Å². The molecule has 0 aliphatic rings. The number of halogens is 3. The highest BCUT2D eigenvalue weighted by atomic mass is 19.4. The lowest BCUT2D eigenvalue weighted by atomic mass is 9.96. The molecule has 0 aliphatic heterocycles. The topological polar surface area (TPSA) is 62.5 Å². The predicted octanol–water partition coefficient (Wildman–Crippen LogP) is 4.11. The standard InChI is InChI=1S/C19H25F3N4O/c1-4-16-11-17(27-26-16)12-25-18(23-3)24-9-8-13(2)14-6-5-7-15(10-14)19(20,21)22/h5-7,10-11,13H,4,8-9,12H2,1-3H3,(H2,23,24,25). The van der Waals surface area contributed by atoms with Gasteiger partial charge in [-0.2, -0.15) is 13.2 Å². The summed E-state index contributed by atoms with van der Waals surface area (Å²) in [5, 5.41) is 10.2. The number of nitrogens with one attached hydrogen (secondary N) is 2. The van der Waals surface area contributed by atoms with E-state index in [1.165, 1.54) is 12.1 Å². The number of aliphatic imine (C=N–C) groups is 1. The number of aromatic nitrogens is 1. The second kappa shape index (κ2) is 9.43. The molecule has 0 spiro atoms. The van der Waals surface area contributed by atoms with Crippen molar-refractivity contribution in [3.8, 4) is 0 Å². The molecule has 1 unspecified atom stereocenters. The molecule has 5 nitrogen and oxygen atoms in total. The van der Waals surface area contributed by atoms with E-state index in [2.05, 4.69) is 20.8 Å². The number of hydrogen-bond donors (Lipinski definition) is 2. The van der Waals surface area contributed by atoms with Gasteiger partial charge in [-0.1, -0.05) is 37.2 Å². The molecule has 148 valence electrons. The monoisotopic (exact) mass is 382 g/mol. The van der Waals surface area contributed by atoms with E-state index in [0.29, 0.717) is 36.8 Å². The van der Waals surface area contributed by atoms with Crippen LogP contribution in [-0.4, -0.2) is 24.7 Å². The quantitative estimate of drug-likeness (QED) is 0.559. The summed E-state index contributed by atoms with van der Waals surface area (Å²) in [7, 11) is 1.66. The Morgan fingerprint density at radius 3 is 2.67 bits per heavy atom. The van der Waals surface area contributed by atoms with Crippen LogP contribution in [0, 0.1) is 0 Å². The number of alkyl halides is 3. The lowest BCUT2D eigenvalue weighted by Gasteiger charge is -2.16. The predicted molar refractivity (Wildman–Crippen MR) is 98.6 cm³/mol. The number of benzene rings is 1. The summed E-state index contributed by atoms with van der Waals surface area (Å²) in [6, 6.07) is 7.36. The maximum Gasteiger partial charge on any atom is 0.416 e. The summed E-state index contributed by atoms with van der Waals surface area (Å²) in [6.07, 6.45) is -2.84. The fourth-order valence-corrected chi connectivity index (χ4v) is 2.59. The molecule has 0 fully saturated rings. The number of hydrogen-bond acceptors (Lipinski definition) is 3. The van der Waals surface area contributed by atoms with Crippen LogP contribution in [0.3, 0.4) is 0 Å². The Morgan fingerprint density at radius 2 is 2.04 bits per heavy atom. The lowest BCUT2D eigenvalue weighted by molar-refractivity contribution is -0.137. The molecule has 27 heavy (non-hydrogen) atoms. The van der Waals surface area contributed by atoms with Crippen LogP contribution in [0.1, 0.15) is 48.8 Å². The fourth-order valence-electron chi connectivity index (χ4n) is 2.59. The van der Waals surface area contributed by atoms with E-state index in [1.54, 1.807) is 13.1 Å². The van der Waals surface area contributed by atoms with Gasteiger partial charge >= 0.3 is 6.18 Å². The average Bonchev–Trinajstić information content (AvgIpc) is 3.12. The normalized spacial score (nSPS) is 13.5. The molecule has 0 radical (unpaired) electrons. The van der Waals surface area contributed by atoms with Crippen LogP contribution in [0.5, 0.6) is 0 Å². The number of nitrogens with zero attached hydrogens (tertiary/aromatic N) is 2. The van der Waals surface area contributed by atoms with Crippen LogP contribution < -0.4 is 10.6 Å². The zero-order valence-electron chi connectivity index (χ0n) is 15.7. The zero-order valence-corrected chi connectivity index (χ0v) is 15.7. The summed E-state index contributed by atoms with van der Waals surface area (Å²) < 4.78 is 43.7. The third kappa shape index (κ3) is 6.30. The van der Waals surface area contributed by atoms with E-state index < -0.39 is 11.7 Å². The van der Waals surface area contributed by atoms with E-state index in [1.807, 2.05) is 19.9 Å². The minimum atomic E-state index is -4.32. The minimum Gasteiger partial charge on any atom is -0.359 e. The average molecular weight is 382 g/mol. The molecule has 2 aromatic rings. The number of guanidine groups is 1. The van der Waals surface area contributed by atoms with Crippen LogP contribution in [-0.2, 0) is 19.1 Å². The van der Waals surface area contributed by atoms with Gasteiger partial charge in [-0.15, -0.1) is 0 Å². The Kier molecular flexibility index (Phi) is 7.27. The second-order valence-electron chi connectivity index (χ2n) is 6.30. The van der Waals surface area contributed by atoms with Crippen molar-refractivity contribution < 1.29 is 17.7 Å². The first kappa shape index (κ1) is 20.8. The first-order valence-electron chi connectivity index (χ1n) is 8.89. The van der Waals surface area contributed by atoms with Crippen LogP contribution in [0.15, 0.2) is 39.8 Å². The molecular weight excluding hydrogens is 357 g/mol. The molecule has 0 amide bonds. The molecule has 1 heterocycles. The van der Waals surface area contributed by atoms with E-state index in [4.69, 9.17) is 4.52 Å². The molecule has 2 rings (SSSR count). The van der Waals surface area contributed by atoms with Crippen molar-refractivity contribution in [1.29, 1.82) is 0 Å². The van der Waals surface area contributed by atoms with E-state index in [-0.39, 0.29) is 5.92 Å². The molecule has 0 bridgehead atoms. The Labute approximate surface area is 157 Å². The molecule has 2 N–H and O–H groups in total. The SMILES string of the molecule is CCc1cc(CNC(=NC)NCCC(C)c2cccc(C(F)(F)F)c2)on1. The number of rotatable bonds is 7. The van der Waals surface area contributed by atoms with Gasteiger partial charge in [0.2, 0.25) is 0 Å². The van der Waals surface area contributed by atoms with Crippen LogP contribution >= 0.6 is 0 Å². The van der Waals surface area contributed by atoms with Crippen molar-refractivity contribution in [2.24, 2.45) is 4.99 Å². The van der Waals surface area contributed by atoms with Gasteiger partial charge in [0, 0.05) is 19.7 Å². The van der Waals surface area contributed by atoms with Gasteiger partial charge in [0.15, 0.2) is 11.7 Å². The van der Waals surface area contributed by atoms with Gasteiger partial charge in [-0.25, -0.2) is 0 Å². The Balaban J connectivity index is 1.81. The van der Waals surface area contributed by atoms with E-state index in [9.17, 15) is 13.2 Å². The van der Waals surface area contributed by atoms with Gasteiger partial charge in [0.1, 0.15) is 0 Å². The van der Waals surface area contributed by atoms with Crippen LogP contribution in [0.2, 0.25) is 0 Å². The maximum absolute atomic E-state index is 12.8. The van der Waals surface area contributed by atoms with Crippen molar-refractivity contribution in [3.63, 3.8) is 0 Å². The summed E-state index contributed by atoms with van der Waals surface area (Å²) in [5.41, 5.74) is 0.948. The summed E-state index contributed by atoms with van der Waals surface area (Å²) in [4.78, 5) is 4.13. The van der Waals surface area contributed by atoms with E-state index >= 15 is 0 Å². The first-order chi connectivity index (χ1) is 12.8. The number of aryl methyl sites for hydroxylation is 1. The molecule has 8 heteroatoms. The Bertz CT molecular complexity index is 755. The van der Waals surface area contributed by atoms with Crippen LogP contribution in [0.25, 0.3) is 0 Å². The molecular formula is C19H25F3N4O. The van der Waals surface area contributed by atoms with Crippen molar-refractivity contribution in [3.05, 3.63) is 52.9 Å². The van der Waals surface area contributed by atoms with Gasteiger partial charge < -0.3 is 15.2 Å². The third-order valence-corrected chi connectivity index (χ3v) is 4.28. The maximum atomic E-state index is 12.8. The van der Waals surface area contributed by atoms with Gasteiger partial charge in [0.05, 0.1) is 17.8 Å². The highest BCUT2D eigenvalue weighted by Crippen LogP contribution is 2.31. The lowest BCUT2D eigenvalue weighted by Crippen LogP contribution is -2.37. The van der Waals surface area contributed by atoms with Gasteiger partial charge in [-0.3, -0.25) is 4.99 Å². The molecule has 0 saturated heterocycles. The smallest absolute Gasteiger partial charge is 0.359 e. The highest BCUT2D eigenvalue weighted by molar-refractivity contribution is 5.79. The third-order valence-electron chi connectivity index (χ3n) is 4.28. The second-order valence-corrected chi connectivity index (χ2v) is 6.30. The van der Waals surface area contributed by atoms with Gasteiger partial charge in [-0.05, 0) is 30.4 Å². The highest BCUT2D eigenvalue weighted by Gasteiger charge is 2.30. The van der Waals surface area contributed by atoms with Crippen molar-refractivity contribution in [2.75, 3.05) is 13.6 Å². The molecule has 1 aromatic carbocycles. The summed E-state index contributed by atoms with van der Waals surface area (Å²) in [5.74, 6) is 1.30. The summed E-state index contributed by atoms with van der Waals surface area (Å²) >= 11 is 0. The Hall–Kier alpha value is -2.51. The molecule has 0 saturated carbocycles. The fraction of sp³-hybridized carbons (Fsp3) is 0.474. The van der Waals surface area contributed by atoms with E-state index in [0.717, 1.165) is 18.2 Å². The van der Waals surface area contributed by atoms with Crippen molar-refractivity contribution in [1.82, 2.24) is 15.8 Å². The van der Waals surface area contributed by atoms with Crippen molar-refractivity contribution in [2.45, 2.75) is 45.3 Å². The summed E-state index contributed by atoms with van der Waals surface area (Å²) in [6.45, 7) is 4.94. The molecule has 1 aromatic heterocycles. The minimum absolute atomic E-state index is 0.0145. The molecule has 1 atom stereocenters.